The number of nitrogens with one attached hydrogen (secondary N) is 1. The predicted molar refractivity (Wildman–Crippen MR) is 91.0 cm³/mol. The number of nitrogens with zero attached hydrogens (tertiary/aromatic N) is 2. The Labute approximate surface area is 142 Å². The molecule has 0 aliphatic carbocycles. The molecule has 2 saturated heterocycles. The molecule has 0 spiro atoms. The van der Waals surface area contributed by atoms with Crippen molar-refractivity contribution < 1.29 is 9.59 Å². The van der Waals surface area contributed by atoms with Gasteiger partial charge in [-0.25, -0.2) is 0 Å². The molecule has 126 valence electrons. The van der Waals surface area contributed by atoms with E-state index in [1.165, 1.54) is 0 Å². The van der Waals surface area contributed by atoms with Crippen LogP contribution in [0.4, 0.5) is 0 Å². The standard InChI is InChI=1S/C16H22N4O2.ClH/c17-15(21)12-2-1-3-13(10-12)16(22)20-7-4-14(11-20)19-8-5-18-6-9-19;/h1-3,10,14,18H,4-9,11H2,(H2,17,21);1H. The number of rotatable bonds is 3. The topological polar surface area (TPSA) is 78.7 Å². The number of piperazine rings is 1. The summed E-state index contributed by atoms with van der Waals surface area (Å²) in [5.41, 5.74) is 6.20. The lowest BCUT2D eigenvalue weighted by Gasteiger charge is -2.32. The fraction of sp³-hybridized carbons (Fsp3) is 0.500. The van der Waals surface area contributed by atoms with E-state index < -0.39 is 5.91 Å². The molecule has 0 bridgehead atoms. The number of carbonyl (C=O) groups excluding carboxylic acids is 2. The molecule has 23 heavy (non-hydrogen) atoms. The smallest absolute Gasteiger partial charge is 0.253 e. The van der Waals surface area contributed by atoms with Crippen LogP contribution in [0.15, 0.2) is 24.3 Å². The third-order valence-electron chi connectivity index (χ3n) is 4.51. The Hall–Kier alpha value is -1.63. The van der Waals surface area contributed by atoms with Crippen molar-refractivity contribution in [3.05, 3.63) is 35.4 Å². The van der Waals surface area contributed by atoms with E-state index >= 15 is 0 Å². The summed E-state index contributed by atoms with van der Waals surface area (Å²) in [4.78, 5) is 28.2. The highest BCUT2D eigenvalue weighted by Crippen LogP contribution is 2.19. The van der Waals surface area contributed by atoms with E-state index in [0.717, 1.165) is 45.7 Å². The first kappa shape index (κ1) is 17.7. The average molecular weight is 339 g/mol. The largest absolute Gasteiger partial charge is 0.366 e. The van der Waals surface area contributed by atoms with E-state index in [1.807, 2.05) is 4.90 Å². The van der Waals surface area contributed by atoms with Crippen LogP contribution in [0.2, 0.25) is 0 Å². The highest BCUT2D eigenvalue weighted by molar-refractivity contribution is 5.99. The molecule has 0 saturated carbocycles. The van der Waals surface area contributed by atoms with E-state index in [-0.39, 0.29) is 18.3 Å². The fourth-order valence-electron chi connectivity index (χ4n) is 3.26. The minimum atomic E-state index is -0.505. The molecule has 1 aromatic carbocycles. The van der Waals surface area contributed by atoms with Crippen molar-refractivity contribution in [2.45, 2.75) is 12.5 Å². The van der Waals surface area contributed by atoms with Crippen LogP contribution >= 0.6 is 12.4 Å². The first-order chi connectivity index (χ1) is 10.6. The normalized spacial score (nSPS) is 21.7. The lowest BCUT2D eigenvalue weighted by atomic mass is 10.1. The fourth-order valence-corrected chi connectivity index (χ4v) is 3.26. The molecular formula is C16H23ClN4O2. The van der Waals surface area contributed by atoms with E-state index in [2.05, 4.69) is 10.2 Å². The number of amides is 2. The number of nitrogens with two attached hydrogens (primary N) is 1. The number of halogens is 1. The lowest BCUT2D eigenvalue weighted by molar-refractivity contribution is 0.0773. The lowest BCUT2D eigenvalue weighted by Crippen LogP contribution is -2.49. The molecule has 2 amide bonds. The minimum absolute atomic E-state index is 0. The maximum absolute atomic E-state index is 12.6. The highest BCUT2D eigenvalue weighted by Gasteiger charge is 2.31. The molecule has 2 heterocycles. The minimum Gasteiger partial charge on any atom is -0.366 e. The molecule has 3 N–H and O–H groups in total. The van der Waals surface area contributed by atoms with E-state index in [0.29, 0.717) is 17.2 Å². The van der Waals surface area contributed by atoms with Crippen molar-refractivity contribution in [3.8, 4) is 0 Å². The van der Waals surface area contributed by atoms with Gasteiger partial charge < -0.3 is 16.0 Å². The first-order valence-electron chi connectivity index (χ1n) is 7.79. The van der Waals surface area contributed by atoms with Crippen molar-refractivity contribution >= 4 is 24.2 Å². The quantitative estimate of drug-likeness (QED) is 0.832. The number of hydrogen-bond acceptors (Lipinski definition) is 4. The van der Waals surface area contributed by atoms with Gasteiger partial charge in [-0.1, -0.05) is 6.07 Å². The van der Waals surface area contributed by atoms with E-state index in [1.54, 1.807) is 24.3 Å². The highest BCUT2D eigenvalue weighted by atomic mass is 35.5. The van der Waals surface area contributed by atoms with Gasteiger partial charge in [0.05, 0.1) is 0 Å². The molecule has 7 heteroatoms. The summed E-state index contributed by atoms with van der Waals surface area (Å²) in [6, 6.07) is 7.12. The molecule has 2 aliphatic heterocycles. The van der Waals surface area contributed by atoms with Gasteiger partial charge in [0.15, 0.2) is 0 Å². The molecule has 6 nitrogen and oxygen atoms in total. The second-order valence-electron chi connectivity index (χ2n) is 5.92. The van der Waals surface area contributed by atoms with Gasteiger partial charge in [-0.05, 0) is 24.6 Å². The third-order valence-corrected chi connectivity index (χ3v) is 4.51. The van der Waals surface area contributed by atoms with Gasteiger partial charge in [0.2, 0.25) is 5.91 Å². The van der Waals surface area contributed by atoms with Crippen LogP contribution < -0.4 is 11.1 Å². The Morgan fingerprint density at radius 2 is 1.83 bits per heavy atom. The summed E-state index contributed by atoms with van der Waals surface area (Å²) in [5.74, 6) is -0.518. The second kappa shape index (κ2) is 7.77. The zero-order chi connectivity index (χ0) is 15.5. The summed E-state index contributed by atoms with van der Waals surface area (Å²) in [7, 11) is 0. The first-order valence-corrected chi connectivity index (χ1v) is 7.79. The maximum atomic E-state index is 12.6. The van der Waals surface area contributed by atoms with E-state index in [9.17, 15) is 9.59 Å². The van der Waals surface area contributed by atoms with Crippen molar-refractivity contribution in [2.75, 3.05) is 39.3 Å². The van der Waals surface area contributed by atoms with Crippen LogP contribution in [-0.2, 0) is 0 Å². The number of likely N-dealkylation sites (tertiary alicyclic amines) is 1. The van der Waals surface area contributed by atoms with Crippen LogP contribution in [0.3, 0.4) is 0 Å². The maximum Gasteiger partial charge on any atom is 0.253 e. The van der Waals surface area contributed by atoms with Crippen LogP contribution in [0.1, 0.15) is 27.1 Å². The Bertz CT molecular complexity index is 575. The molecule has 2 aliphatic rings. The van der Waals surface area contributed by atoms with Gasteiger partial charge in [0, 0.05) is 56.4 Å². The van der Waals surface area contributed by atoms with Gasteiger partial charge in [-0.3, -0.25) is 14.5 Å². The Balaban J connectivity index is 0.00000192. The summed E-state index contributed by atoms with van der Waals surface area (Å²) in [5, 5.41) is 3.35. The van der Waals surface area contributed by atoms with Crippen LogP contribution in [0, 0.1) is 0 Å². The Morgan fingerprint density at radius 1 is 1.13 bits per heavy atom. The molecule has 3 rings (SSSR count). The molecule has 0 aromatic heterocycles. The van der Waals surface area contributed by atoms with Crippen LogP contribution in [0.25, 0.3) is 0 Å². The van der Waals surface area contributed by atoms with Gasteiger partial charge >= 0.3 is 0 Å². The number of carbonyl (C=O) groups is 2. The number of benzene rings is 1. The zero-order valence-electron chi connectivity index (χ0n) is 13.0. The SMILES string of the molecule is Cl.NC(=O)c1cccc(C(=O)N2CCC(N3CCNCC3)C2)c1. The Kier molecular flexibility index (Phi) is 5.98. The molecule has 2 fully saturated rings. The third kappa shape index (κ3) is 4.02. The number of hydrogen-bond donors (Lipinski definition) is 2. The molecule has 1 unspecified atom stereocenters. The van der Waals surface area contributed by atoms with Gasteiger partial charge in [-0.15, -0.1) is 12.4 Å². The monoisotopic (exact) mass is 338 g/mol. The van der Waals surface area contributed by atoms with E-state index in [4.69, 9.17) is 5.73 Å². The van der Waals surface area contributed by atoms with Gasteiger partial charge in [0.25, 0.3) is 5.91 Å². The molecule has 0 radical (unpaired) electrons. The zero-order valence-corrected chi connectivity index (χ0v) is 13.8. The summed E-state index contributed by atoms with van der Waals surface area (Å²) in [6.45, 7) is 5.66. The second-order valence-corrected chi connectivity index (χ2v) is 5.92. The molecular weight excluding hydrogens is 316 g/mol. The predicted octanol–water partition coefficient (Wildman–Crippen LogP) is 0.327. The van der Waals surface area contributed by atoms with Gasteiger partial charge in [-0.2, -0.15) is 0 Å². The van der Waals surface area contributed by atoms with Crippen molar-refractivity contribution in [1.29, 1.82) is 0 Å². The molecule has 1 aromatic rings. The Morgan fingerprint density at radius 3 is 2.52 bits per heavy atom. The van der Waals surface area contributed by atoms with Crippen molar-refractivity contribution in [1.82, 2.24) is 15.1 Å². The van der Waals surface area contributed by atoms with Crippen LogP contribution in [-0.4, -0.2) is 66.9 Å². The van der Waals surface area contributed by atoms with Crippen molar-refractivity contribution in [3.63, 3.8) is 0 Å². The summed E-state index contributed by atoms with van der Waals surface area (Å²) >= 11 is 0. The average Bonchev–Trinajstić information content (AvgIpc) is 3.05. The number of primary amides is 1. The molecule has 1 atom stereocenters. The summed E-state index contributed by atoms with van der Waals surface area (Å²) in [6.07, 6.45) is 1.02. The van der Waals surface area contributed by atoms with Crippen LogP contribution in [0.5, 0.6) is 0 Å². The van der Waals surface area contributed by atoms with Gasteiger partial charge in [0.1, 0.15) is 0 Å². The van der Waals surface area contributed by atoms with Crippen molar-refractivity contribution in [2.24, 2.45) is 5.73 Å². The summed E-state index contributed by atoms with van der Waals surface area (Å²) < 4.78 is 0.